The van der Waals surface area contributed by atoms with E-state index in [2.05, 4.69) is 20.0 Å². The highest BCUT2D eigenvalue weighted by Crippen LogP contribution is 2.09. The number of ether oxygens (including phenoxy) is 1. The average Bonchev–Trinajstić information content (AvgIpc) is 2.95. The number of para-hydroxylation sites is 1. The van der Waals surface area contributed by atoms with Crippen molar-refractivity contribution in [3.05, 3.63) is 42.5 Å². The molecule has 0 saturated carbocycles. The number of rotatable bonds is 6. The molecule has 0 N–H and O–H groups in total. The van der Waals surface area contributed by atoms with Crippen LogP contribution in [0.1, 0.15) is 5.82 Å². The summed E-state index contributed by atoms with van der Waals surface area (Å²) in [6.07, 6.45) is 1.76. The quantitative estimate of drug-likeness (QED) is 0.797. The van der Waals surface area contributed by atoms with Gasteiger partial charge in [0.25, 0.3) is 0 Å². The van der Waals surface area contributed by atoms with Crippen LogP contribution in [0.25, 0.3) is 0 Å². The van der Waals surface area contributed by atoms with Crippen LogP contribution in [-0.2, 0) is 13.6 Å². The molecule has 0 aliphatic carbocycles. The minimum Gasteiger partial charge on any atom is -0.492 e. The zero-order valence-electron chi connectivity index (χ0n) is 13.1. The van der Waals surface area contributed by atoms with Crippen molar-refractivity contribution in [2.24, 2.45) is 7.05 Å². The van der Waals surface area contributed by atoms with Gasteiger partial charge in [0, 0.05) is 39.8 Å². The van der Waals surface area contributed by atoms with Gasteiger partial charge in [0.2, 0.25) is 0 Å². The van der Waals surface area contributed by atoms with Gasteiger partial charge < -0.3 is 9.30 Å². The molecule has 0 bridgehead atoms. The van der Waals surface area contributed by atoms with E-state index in [4.69, 9.17) is 4.74 Å². The third-order valence-corrected chi connectivity index (χ3v) is 4.05. The Kier molecular flexibility index (Phi) is 5.03. The van der Waals surface area contributed by atoms with Crippen LogP contribution >= 0.6 is 0 Å². The Hall–Kier alpha value is -1.92. The summed E-state index contributed by atoms with van der Waals surface area (Å²) < 4.78 is 7.75. The Bertz CT molecular complexity index is 563. The standard InChI is InChI=1S/C16H23N5O/c1-19-14-17-18-16(19)13-21-9-7-20(8-10-21)11-12-22-15-5-3-2-4-6-15/h2-6,14H,7-13H2,1H3. The lowest BCUT2D eigenvalue weighted by Gasteiger charge is -2.34. The van der Waals surface area contributed by atoms with Crippen LogP contribution in [0, 0.1) is 0 Å². The number of benzene rings is 1. The second kappa shape index (κ2) is 7.38. The van der Waals surface area contributed by atoms with Gasteiger partial charge in [-0.1, -0.05) is 18.2 Å². The van der Waals surface area contributed by atoms with Crippen molar-refractivity contribution in [3.8, 4) is 5.75 Å². The largest absolute Gasteiger partial charge is 0.492 e. The van der Waals surface area contributed by atoms with Crippen molar-refractivity contribution in [1.82, 2.24) is 24.6 Å². The van der Waals surface area contributed by atoms with Crippen molar-refractivity contribution in [2.75, 3.05) is 39.3 Å². The molecule has 1 aromatic carbocycles. The lowest BCUT2D eigenvalue weighted by molar-refractivity contribution is 0.110. The van der Waals surface area contributed by atoms with Gasteiger partial charge in [-0.3, -0.25) is 9.80 Å². The molecule has 0 atom stereocenters. The smallest absolute Gasteiger partial charge is 0.146 e. The molecule has 1 aliphatic heterocycles. The summed E-state index contributed by atoms with van der Waals surface area (Å²) in [5.41, 5.74) is 0. The number of aryl methyl sites for hydroxylation is 1. The van der Waals surface area contributed by atoms with Gasteiger partial charge in [-0.2, -0.15) is 0 Å². The van der Waals surface area contributed by atoms with Gasteiger partial charge >= 0.3 is 0 Å². The molecule has 1 aliphatic rings. The van der Waals surface area contributed by atoms with E-state index in [-0.39, 0.29) is 0 Å². The fourth-order valence-corrected chi connectivity index (χ4v) is 2.63. The first-order valence-electron chi connectivity index (χ1n) is 7.77. The predicted molar refractivity (Wildman–Crippen MR) is 84.7 cm³/mol. The van der Waals surface area contributed by atoms with Crippen LogP contribution in [0.5, 0.6) is 5.75 Å². The molecule has 6 heteroatoms. The van der Waals surface area contributed by atoms with Gasteiger partial charge in [-0.15, -0.1) is 10.2 Å². The third kappa shape index (κ3) is 4.05. The van der Waals surface area contributed by atoms with E-state index in [0.29, 0.717) is 0 Å². The minimum atomic E-state index is 0.743. The maximum atomic E-state index is 5.76. The minimum absolute atomic E-state index is 0.743. The molecule has 6 nitrogen and oxygen atoms in total. The first-order valence-corrected chi connectivity index (χ1v) is 7.77. The molecular formula is C16H23N5O. The molecule has 2 aromatic rings. The summed E-state index contributed by atoms with van der Waals surface area (Å²) in [6.45, 7) is 6.90. The lowest BCUT2D eigenvalue weighted by atomic mass is 10.3. The van der Waals surface area contributed by atoms with Gasteiger partial charge in [0.05, 0.1) is 6.54 Å². The molecular weight excluding hydrogens is 278 g/mol. The van der Waals surface area contributed by atoms with E-state index in [1.807, 2.05) is 41.9 Å². The van der Waals surface area contributed by atoms with Crippen LogP contribution in [0.15, 0.2) is 36.7 Å². The Morgan fingerprint density at radius 3 is 2.45 bits per heavy atom. The number of hydrogen-bond acceptors (Lipinski definition) is 5. The zero-order chi connectivity index (χ0) is 15.2. The molecule has 0 unspecified atom stereocenters. The maximum absolute atomic E-state index is 5.76. The molecule has 0 radical (unpaired) electrons. The van der Waals surface area contributed by atoms with Crippen LogP contribution < -0.4 is 4.74 Å². The molecule has 1 fully saturated rings. The second-order valence-electron chi connectivity index (χ2n) is 5.64. The maximum Gasteiger partial charge on any atom is 0.146 e. The highest BCUT2D eigenvalue weighted by atomic mass is 16.5. The van der Waals surface area contributed by atoms with Crippen molar-refractivity contribution in [1.29, 1.82) is 0 Å². The van der Waals surface area contributed by atoms with Crippen molar-refractivity contribution >= 4 is 0 Å². The topological polar surface area (TPSA) is 46.4 Å². The summed E-state index contributed by atoms with van der Waals surface area (Å²) in [6, 6.07) is 10.0. The molecule has 22 heavy (non-hydrogen) atoms. The fourth-order valence-electron chi connectivity index (χ4n) is 2.63. The van der Waals surface area contributed by atoms with Gasteiger partial charge in [0.15, 0.2) is 0 Å². The average molecular weight is 301 g/mol. The van der Waals surface area contributed by atoms with E-state index in [1.165, 1.54) is 0 Å². The van der Waals surface area contributed by atoms with E-state index < -0.39 is 0 Å². The second-order valence-corrected chi connectivity index (χ2v) is 5.64. The first kappa shape index (κ1) is 15.0. The Morgan fingerprint density at radius 2 is 1.77 bits per heavy atom. The predicted octanol–water partition coefficient (Wildman–Crippen LogP) is 1.01. The molecule has 3 rings (SSSR count). The summed E-state index contributed by atoms with van der Waals surface area (Å²) >= 11 is 0. The SMILES string of the molecule is Cn1cnnc1CN1CCN(CCOc2ccccc2)CC1. The van der Waals surface area contributed by atoms with Crippen LogP contribution in [0.2, 0.25) is 0 Å². The highest BCUT2D eigenvalue weighted by molar-refractivity contribution is 5.20. The van der Waals surface area contributed by atoms with E-state index in [1.54, 1.807) is 6.33 Å². The molecule has 0 amide bonds. The van der Waals surface area contributed by atoms with E-state index in [9.17, 15) is 0 Å². The Balaban J connectivity index is 1.36. The number of piperazine rings is 1. The third-order valence-electron chi connectivity index (χ3n) is 4.05. The summed E-state index contributed by atoms with van der Waals surface area (Å²) in [4.78, 5) is 4.88. The highest BCUT2D eigenvalue weighted by Gasteiger charge is 2.18. The molecule has 0 spiro atoms. The van der Waals surface area contributed by atoms with E-state index >= 15 is 0 Å². The number of hydrogen-bond donors (Lipinski definition) is 0. The monoisotopic (exact) mass is 301 g/mol. The molecule has 1 saturated heterocycles. The Morgan fingerprint density at radius 1 is 1.05 bits per heavy atom. The summed E-state index contributed by atoms with van der Waals surface area (Å²) in [5, 5.41) is 8.08. The van der Waals surface area contributed by atoms with Crippen LogP contribution in [0.4, 0.5) is 0 Å². The number of nitrogens with zero attached hydrogens (tertiary/aromatic N) is 5. The fraction of sp³-hybridized carbons (Fsp3) is 0.500. The Labute approximate surface area is 131 Å². The summed E-state index contributed by atoms with van der Waals surface area (Å²) in [7, 11) is 1.99. The first-order chi connectivity index (χ1) is 10.8. The molecule has 1 aromatic heterocycles. The van der Waals surface area contributed by atoms with Crippen molar-refractivity contribution in [2.45, 2.75) is 6.54 Å². The van der Waals surface area contributed by atoms with Crippen molar-refractivity contribution in [3.63, 3.8) is 0 Å². The summed E-state index contributed by atoms with van der Waals surface area (Å²) in [5.74, 6) is 1.98. The van der Waals surface area contributed by atoms with Gasteiger partial charge in [-0.05, 0) is 12.1 Å². The van der Waals surface area contributed by atoms with Crippen LogP contribution in [-0.4, -0.2) is 63.9 Å². The molecule has 2 heterocycles. The zero-order valence-corrected chi connectivity index (χ0v) is 13.1. The normalized spacial score (nSPS) is 16.8. The van der Waals surface area contributed by atoms with Crippen LogP contribution in [0.3, 0.4) is 0 Å². The van der Waals surface area contributed by atoms with E-state index in [0.717, 1.165) is 57.4 Å². The van der Waals surface area contributed by atoms with Crippen molar-refractivity contribution < 1.29 is 4.74 Å². The van der Waals surface area contributed by atoms with Gasteiger partial charge in [0.1, 0.15) is 24.5 Å². The molecule has 118 valence electrons. The number of aromatic nitrogens is 3. The van der Waals surface area contributed by atoms with Gasteiger partial charge in [-0.25, -0.2) is 0 Å². The lowest BCUT2D eigenvalue weighted by Crippen LogP contribution is -2.47.